The molecule has 0 aliphatic heterocycles. The second-order valence-electron chi connectivity index (χ2n) is 5.85. The molecular formula is C20H14ClN3O4. The molecule has 4 aromatic rings. The minimum atomic E-state index is -0.404. The number of hydrogen-bond acceptors (Lipinski definition) is 5. The summed E-state index contributed by atoms with van der Waals surface area (Å²) in [6, 6.07) is 20.0. The van der Waals surface area contributed by atoms with Gasteiger partial charge in [-0.3, -0.25) is 20.2 Å². The smallest absolute Gasteiger partial charge is 0.277 e. The van der Waals surface area contributed by atoms with E-state index in [1.54, 1.807) is 54.6 Å². The molecule has 0 unspecified atom stereocenters. The number of rotatable bonds is 2. The van der Waals surface area contributed by atoms with Gasteiger partial charge in [-0.2, -0.15) is 0 Å². The highest BCUT2D eigenvalue weighted by atomic mass is 35.5. The summed E-state index contributed by atoms with van der Waals surface area (Å²) in [5.41, 5.74) is 6.44. The van der Waals surface area contributed by atoms with Crippen molar-refractivity contribution in [2.45, 2.75) is 0 Å². The molecule has 0 saturated carbocycles. The Labute approximate surface area is 164 Å². The average Bonchev–Trinajstić information content (AvgIpc) is 2.69. The van der Waals surface area contributed by atoms with Crippen LogP contribution in [0.4, 0.5) is 17.1 Å². The van der Waals surface area contributed by atoms with Gasteiger partial charge >= 0.3 is 0 Å². The maximum atomic E-state index is 10.7. The van der Waals surface area contributed by atoms with E-state index >= 15 is 0 Å². The fourth-order valence-electron chi connectivity index (χ4n) is 2.87. The molecule has 0 aliphatic carbocycles. The van der Waals surface area contributed by atoms with Crippen molar-refractivity contribution in [2.24, 2.45) is 0 Å². The largest absolute Gasteiger partial charge is 0.398 e. The SMILES string of the molecule is Nc1ccc([N+](=O)[O-])c2ccccc12.O=[N+]([O-])c1ccc(Cl)c2ccccc12. The fourth-order valence-corrected chi connectivity index (χ4v) is 3.10. The van der Waals surface area contributed by atoms with Crippen LogP contribution in [0.1, 0.15) is 0 Å². The first-order valence-electron chi connectivity index (χ1n) is 8.13. The molecule has 140 valence electrons. The van der Waals surface area contributed by atoms with Crippen molar-refractivity contribution < 1.29 is 9.85 Å². The summed E-state index contributed by atoms with van der Waals surface area (Å²) >= 11 is 5.91. The zero-order valence-corrected chi connectivity index (χ0v) is 15.2. The lowest BCUT2D eigenvalue weighted by atomic mass is 10.1. The molecule has 0 spiro atoms. The lowest BCUT2D eigenvalue weighted by Crippen LogP contribution is -1.92. The van der Waals surface area contributed by atoms with E-state index in [2.05, 4.69) is 0 Å². The maximum Gasteiger partial charge on any atom is 0.277 e. The Morgan fingerprint density at radius 3 is 1.61 bits per heavy atom. The van der Waals surface area contributed by atoms with Crippen LogP contribution in [-0.4, -0.2) is 9.85 Å². The minimum Gasteiger partial charge on any atom is -0.398 e. The minimum absolute atomic E-state index is 0.0880. The van der Waals surface area contributed by atoms with Gasteiger partial charge in [0.25, 0.3) is 11.4 Å². The third kappa shape index (κ3) is 3.70. The van der Waals surface area contributed by atoms with Crippen LogP contribution in [-0.2, 0) is 0 Å². The van der Waals surface area contributed by atoms with Gasteiger partial charge in [0.2, 0.25) is 0 Å². The van der Waals surface area contributed by atoms with Gasteiger partial charge in [-0.15, -0.1) is 0 Å². The molecule has 0 atom stereocenters. The number of nitro groups is 2. The highest BCUT2D eigenvalue weighted by Crippen LogP contribution is 2.31. The van der Waals surface area contributed by atoms with E-state index in [0.717, 1.165) is 5.39 Å². The summed E-state index contributed by atoms with van der Waals surface area (Å²) in [5.74, 6) is 0. The van der Waals surface area contributed by atoms with E-state index in [-0.39, 0.29) is 11.4 Å². The number of non-ortho nitro benzene ring substituents is 2. The monoisotopic (exact) mass is 395 g/mol. The summed E-state index contributed by atoms with van der Waals surface area (Å²) in [5, 5.41) is 24.5. The third-order valence-corrected chi connectivity index (χ3v) is 4.51. The van der Waals surface area contributed by atoms with Crippen LogP contribution in [0.2, 0.25) is 5.02 Å². The molecule has 8 heteroatoms. The number of nitrogens with two attached hydrogens (primary N) is 1. The number of nitro benzene ring substituents is 2. The molecule has 0 saturated heterocycles. The Hall–Kier alpha value is -3.71. The molecular weight excluding hydrogens is 382 g/mol. The summed E-state index contributed by atoms with van der Waals surface area (Å²) in [6.45, 7) is 0. The van der Waals surface area contributed by atoms with E-state index in [0.29, 0.717) is 26.9 Å². The molecule has 0 radical (unpaired) electrons. The Bertz CT molecular complexity index is 1120. The van der Waals surface area contributed by atoms with Crippen molar-refractivity contribution in [2.75, 3.05) is 5.73 Å². The summed E-state index contributed by atoms with van der Waals surface area (Å²) in [6.07, 6.45) is 0. The molecule has 0 amide bonds. The predicted molar refractivity (Wildman–Crippen MR) is 111 cm³/mol. The Kier molecular flexibility index (Phi) is 5.37. The number of nitrogens with zero attached hydrogens (tertiary/aromatic N) is 2. The van der Waals surface area contributed by atoms with Crippen LogP contribution in [0, 0.1) is 20.2 Å². The molecule has 2 N–H and O–H groups in total. The van der Waals surface area contributed by atoms with Crippen molar-refractivity contribution in [3.63, 3.8) is 0 Å². The molecule has 7 nitrogen and oxygen atoms in total. The molecule has 4 rings (SSSR count). The zero-order valence-electron chi connectivity index (χ0n) is 14.4. The number of halogens is 1. The van der Waals surface area contributed by atoms with Crippen molar-refractivity contribution in [3.05, 3.63) is 98.0 Å². The number of nitrogen functional groups attached to an aromatic ring is 1. The third-order valence-electron chi connectivity index (χ3n) is 4.18. The first-order valence-corrected chi connectivity index (χ1v) is 8.51. The predicted octanol–water partition coefficient (Wildman–Crippen LogP) is 5.73. The van der Waals surface area contributed by atoms with Crippen molar-refractivity contribution in [1.29, 1.82) is 0 Å². The number of benzene rings is 4. The quantitative estimate of drug-likeness (QED) is 0.264. The van der Waals surface area contributed by atoms with Gasteiger partial charge in [-0.05, 0) is 24.3 Å². The molecule has 0 aliphatic rings. The van der Waals surface area contributed by atoms with Crippen molar-refractivity contribution >= 4 is 50.2 Å². The van der Waals surface area contributed by atoms with Gasteiger partial charge in [-0.25, -0.2) is 0 Å². The van der Waals surface area contributed by atoms with Crippen LogP contribution in [0.25, 0.3) is 21.5 Å². The van der Waals surface area contributed by atoms with E-state index in [9.17, 15) is 20.2 Å². The van der Waals surface area contributed by atoms with Gasteiger partial charge in [-0.1, -0.05) is 48.0 Å². The molecule has 0 bridgehead atoms. The van der Waals surface area contributed by atoms with Gasteiger partial charge in [0.15, 0.2) is 0 Å². The highest BCUT2D eigenvalue weighted by Gasteiger charge is 2.13. The van der Waals surface area contributed by atoms with Gasteiger partial charge in [0, 0.05) is 33.6 Å². The normalized spacial score (nSPS) is 10.3. The Balaban J connectivity index is 0.000000161. The van der Waals surface area contributed by atoms with Crippen LogP contribution in [0.5, 0.6) is 0 Å². The summed E-state index contributed by atoms with van der Waals surface area (Å²) < 4.78 is 0. The fraction of sp³-hybridized carbons (Fsp3) is 0. The lowest BCUT2D eigenvalue weighted by Gasteiger charge is -2.01. The van der Waals surface area contributed by atoms with Crippen LogP contribution < -0.4 is 5.73 Å². The second kappa shape index (κ2) is 7.89. The van der Waals surface area contributed by atoms with Crippen molar-refractivity contribution in [1.82, 2.24) is 0 Å². The highest BCUT2D eigenvalue weighted by molar-refractivity contribution is 6.35. The first kappa shape index (κ1) is 19.1. The number of anilines is 1. The van der Waals surface area contributed by atoms with Crippen LogP contribution in [0.3, 0.4) is 0 Å². The van der Waals surface area contributed by atoms with Crippen LogP contribution >= 0.6 is 11.6 Å². The molecule has 28 heavy (non-hydrogen) atoms. The Morgan fingerprint density at radius 1 is 0.643 bits per heavy atom. The molecule has 0 heterocycles. The summed E-state index contributed by atoms with van der Waals surface area (Å²) in [7, 11) is 0. The van der Waals surface area contributed by atoms with Crippen LogP contribution in [0.15, 0.2) is 72.8 Å². The second-order valence-corrected chi connectivity index (χ2v) is 6.25. The number of fused-ring (bicyclic) bond motifs is 2. The topological polar surface area (TPSA) is 112 Å². The lowest BCUT2D eigenvalue weighted by molar-refractivity contribution is -0.383. The average molecular weight is 396 g/mol. The van der Waals surface area contributed by atoms with Gasteiger partial charge < -0.3 is 5.73 Å². The van der Waals surface area contributed by atoms with Gasteiger partial charge in [0.05, 0.1) is 20.6 Å². The van der Waals surface area contributed by atoms with E-state index in [4.69, 9.17) is 17.3 Å². The molecule has 0 aromatic heterocycles. The van der Waals surface area contributed by atoms with Crippen molar-refractivity contribution in [3.8, 4) is 0 Å². The summed E-state index contributed by atoms with van der Waals surface area (Å²) in [4.78, 5) is 20.6. The standard InChI is InChI=1S/C10H6ClNO2.C10H8N2O2/c2*11-9-5-6-10(12(13)14)8-4-2-1-3-7(8)9/h1-6H;1-6H,11H2. The molecule has 4 aromatic carbocycles. The first-order chi connectivity index (χ1) is 13.4. The van der Waals surface area contributed by atoms with Gasteiger partial charge in [0.1, 0.15) is 0 Å². The van der Waals surface area contributed by atoms with E-state index in [1.165, 1.54) is 12.1 Å². The Morgan fingerprint density at radius 2 is 1.07 bits per heavy atom. The maximum absolute atomic E-state index is 10.7. The number of hydrogen-bond donors (Lipinski definition) is 1. The molecule has 0 fully saturated rings. The van der Waals surface area contributed by atoms with E-state index < -0.39 is 9.85 Å². The zero-order chi connectivity index (χ0) is 20.3. The van der Waals surface area contributed by atoms with E-state index in [1.807, 2.05) is 6.07 Å².